The van der Waals surface area contributed by atoms with Crippen molar-refractivity contribution in [3.05, 3.63) is 6.33 Å². The Hall–Kier alpha value is -1.46. The number of carbonyl (C=O) groups excluding carboxylic acids is 1. The van der Waals surface area contributed by atoms with Gasteiger partial charge in [0.15, 0.2) is 0 Å². The average Bonchev–Trinajstić information content (AvgIpc) is 2.37. The number of tetrazole rings is 1. The van der Waals surface area contributed by atoms with E-state index in [0.717, 1.165) is 0 Å². The van der Waals surface area contributed by atoms with Gasteiger partial charge in [0, 0.05) is 6.04 Å². The third kappa shape index (κ3) is 2.65. The minimum atomic E-state index is -0.0858. The summed E-state index contributed by atoms with van der Waals surface area (Å²) in [5.74, 6) is -0.0858. The Bertz CT molecular complexity index is 242. The van der Waals surface area contributed by atoms with Gasteiger partial charge in [0.25, 0.3) is 0 Å². The number of rotatable bonds is 3. The van der Waals surface area contributed by atoms with E-state index in [2.05, 4.69) is 20.8 Å². The van der Waals surface area contributed by atoms with Crippen LogP contribution in [0, 0.1) is 0 Å². The molecular formula is C6H11N5O. The van der Waals surface area contributed by atoms with Gasteiger partial charge < -0.3 is 5.32 Å². The molecule has 0 unspecified atom stereocenters. The second-order valence-corrected chi connectivity index (χ2v) is 2.73. The Balaban J connectivity index is 2.37. The van der Waals surface area contributed by atoms with Gasteiger partial charge in [0.2, 0.25) is 5.91 Å². The van der Waals surface area contributed by atoms with Crippen molar-refractivity contribution in [1.82, 2.24) is 25.5 Å². The van der Waals surface area contributed by atoms with Crippen molar-refractivity contribution in [3.63, 3.8) is 0 Å². The van der Waals surface area contributed by atoms with Crippen LogP contribution in [0.3, 0.4) is 0 Å². The Morgan fingerprint density at radius 2 is 2.42 bits per heavy atom. The molecule has 66 valence electrons. The molecule has 1 heterocycles. The molecule has 1 N–H and O–H groups in total. The number of nitrogens with zero attached hydrogens (tertiary/aromatic N) is 4. The summed E-state index contributed by atoms with van der Waals surface area (Å²) in [5, 5.41) is 13.1. The van der Waals surface area contributed by atoms with Gasteiger partial charge in [-0.25, -0.2) is 4.68 Å². The van der Waals surface area contributed by atoms with Gasteiger partial charge in [-0.2, -0.15) is 0 Å². The van der Waals surface area contributed by atoms with E-state index in [1.165, 1.54) is 11.0 Å². The lowest BCUT2D eigenvalue weighted by atomic mass is 10.4. The summed E-state index contributed by atoms with van der Waals surface area (Å²) in [6.07, 6.45) is 1.40. The minimum absolute atomic E-state index is 0.0858. The van der Waals surface area contributed by atoms with Crippen LogP contribution in [0.15, 0.2) is 6.33 Å². The summed E-state index contributed by atoms with van der Waals surface area (Å²) in [6.45, 7) is 3.97. The smallest absolute Gasteiger partial charge is 0.242 e. The third-order valence-corrected chi connectivity index (χ3v) is 1.15. The lowest BCUT2D eigenvalue weighted by Gasteiger charge is -2.06. The highest BCUT2D eigenvalue weighted by molar-refractivity contribution is 5.75. The van der Waals surface area contributed by atoms with Gasteiger partial charge in [-0.05, 0) is 24.3 Å². The maximum atomic E-state index is 11.1. The van der Waals surface area contributed by atoms with Crippen molar-refractivity contribution >= 4 is 5.91 Å². The van der Waals surface area contributed by atoms with Crippen LogP contribution < -0.4 is 5.32 Å². The molecule has 6 nitrogen and oxygen atoms in total. The molecule has 0 bridgehead atoms. The first-order chi connectivity index (χ1) is 5.68. The molecule has 0 aliphatic rings. The lowest BCUT2D eigenvalue weighted by Crippen LogP contribution is -2.33. The zero-order valence-electron chi connectivity index (χ0n) is 7.06. The minimum Gasteiger partial charge on any atom is -0.352 e. The molecule has 0 aromatic carbocycles. The van der Waals surface area contributed by atoms with E-state index < -0.39 is 0 Å². The van der Waals surface area contributed by atoms with Crippen LogP contribution in [0.5, 0.6) is 0 Å². The van der Waals surface area contributed by atoms with Gasteiger partial charge in [-0.3, -0.25) is 4.79 Å². The number of amides is 1. The summed E-state index contributed by atoms with van der Waals surface area (Å²) >= 11 is 0. The topological polar surface area (TPSA) is 72.7 Å². The molecule has 0 aliphatic heterocycles. The van der Waals surface area contributed by atoms with E-state index in [4.69, 9.17) is 0 Å². The van der Waals surface area contributed by atoms with Gasteiger partial charge >= 0.3 is 0 Å². The van der Waals surface area contributed by atoms with E-state index in [0.29, 0.717) is 0 Å². The van der Waals surface area contributed by atoms with Crippen molar-refractivity contribution in [2.45, 2.75) is 26.4 Å². The summed E-state index contributed by atoms with van der Waals surface area (Å²) in [6, 6.07) is 0.147. The number of hydrogen-bond acceptors (Lipinski definition) is 4. The third-order valence-electron chi connectivity index (χ3n) is 1.15. The standard InChI is InChI=1S/C6H11N5O/c1-5(2)8-6(12)3-11-4-7-9-10-11/h4-5H,3H2,1-2H3,(H,8,12). The predicted octanol–water partition coefficient (Wildman–Crippen LogP) is -0.802. The zero-order chi connectivity index (χ0) is 8.97. The predicted molar refractivity (Wildman–Crippen MR) is 41.1 cm³/mol. The molecule has 1 amide bonds. The van der Waals surface area contributed by atoms with Gasteiger partial charge in [-0.1, -0.05) is 0 Å². The summed E-state index contributed by atoms with van der Waals surface area (Å²) in [7, 11) is 0. The second-order valence-electron chi connectivity index (χ2n) is 2.73. The Kier molecular flexibility index (Phi) is 2.73. The monoisotopic (exact) mass is 169 g/mol. The fraction of sp³-hybridized carbons (Fsp3) is 0.667. The van der Waals surface area contributed by atoms with Crippen molar-refractivity contribution in [3.8, 4) is 0 Å². The van der Waals surface area contributed by atoms with Gasteiger partial charge in [0.05, 0.1) is 0 Å². The molecule has 0 aliphatic carbocycles. The first kappa shape index (κ1) is 8.63. The van der Waals surface area contributed by atoms with E-state index in [1.807, 2.05) is 13.8 Å². The number of aromatic nitrogens is 4. The Morgan fingerprint density at radius 1 is 1.67 bits per heavy atom. The Labute approximate surface area is 70.0 Å². The first-order valence-corrected chi connectivity index (χ1v) is 3.68. The summed E-state index contributed by atoms with van der Waals surface area (Å²) in [4.78, 5) is 11.1. The SMILES string of the molecule is CC(C)NC(=O)Cn1cnnn1. The molecule has 0 radical (unpaired) electrons. The van der Waals surface area contributed by atoms with Gasteiger partial charge in [0.1, 0.15) is 12.9 Å². The van der Waals surface area contributed by atoms with Crippen molar-refractivity contribution in [2.75, 3.05) is 0 Å². The van der Waals surface area contributed by atoms with Crippen molar-refractivity contribution < 1.29 is 4.79 Å². The van der Waals surface area contributed by atoms with E-state index >= 15 is 0 Å². The second kappa shape index (κ2) is 3.80. The molecule has 1 aromatic rings. The molecule has 12 heavy (non-hydrogen) atoms. The van der Waals surface area contributed by atoms with Gasteiger partial charge in [-0.15, -0.1) is 5.10 Å². The van der Waals surface area contributed by atoms with Crippen LogP contribution >= 0.6 is 0 Å². The number of carbonyl (C=O) groups is 1. The zero-order valence-corrected chi connectivity index (χ0v) is 7.06. The maximum absolute atomic E-state index is 11.1. The summed E-state index contributed by atoms with van der Waals surface area (Å²) < 4.78 is 1.37. The van der Waals surface area contributed by atoms with Crippen LogP contribution in [0.4, 0.5) is 0 Å². The highest BCUT2D eigenvalue weighted by Gasteiger charge is 2.03. The molecule has 0 atom stereocenters. The Morgan fingerprint density at radius 3 is 2.92 bits per heavy atom. The van der Waals surface area contributed by atoms with E-state index in [-0.39, 0.29) is 18.5 Å². The highest BCUT2D eigenvalue weighted by atomic mass is 16.2. The molecule has 0 fully saturated rings. The summed E-state index contributed by atoms with van der Waals surface area (Å²) in [5.41, 5.74) is 0. The van der Waals surface area contributed by atoms with Crippen LogP contribution in [-0.4, -0.2) is 32.2 Å². The van der Waals surface area contributed by atoms with Crippen LogP contribution in [0.25, 0.3) is 0 Å². The van der Waals surface area contributed by atoms with Crippen LogP contribution in [0.1, 0.15) is 13.8 Å². The molecule has 0 saturated heterocycles. The first-order valence-electron chi connectivity index (χ1n) is 3.68. The van der Waals surface area contributed by atoms with Crippen molar-refractivity contribution in [1.29, 1.82) is 0 Å². The normalized spacial score (nSPS) is 10.2. The molecular weight excluding hydrogens is 158 g/mol. The highest BCUT2D eigenvalue weighted by Crippen LogP contribution is 1.81. The molecule has 6 heteroatoms. The number of hydrogen-bond donors (Lipinski definition) is 1. The number of nitrogens with one attached hydrogen (secondary N) is 1. The fourth-order valence-electron chi connectivity index (χ4n) is 0.767. The van der Waals surface area contributed by atoms with E-state index in [9.17, 15) is 4.79 Å². The van der Waals surface area contributed by atoms with Crippen molar-refractivity contribution in [2.24, 2.45) is 0 Å². The van der Waals surface area contributed by atoms with Crippen LogP contribution in [-0.2, 0) is 11.3 Å². The lowest BCUT2D eigenvalue weighted by molar-refractivity contribution is -0.122. The molecule has 0 saturated carbocycles. The molecule has 1 aromatic heterocycles. The molecule has 0 spiro atoms. The largest absolute Gasteiger partial charge is 0.352 e. The molecule has 1 rings (SSSR count). The van der Waals surface area contributed by atoms with Crippen LogP contribution in [0.2, 0.25) is 0 Å². The maximum Gasteiger partial charge on any atom is 0.242 e. The fourth-order valence-corrected chi connectivity index (χ4v) is 0.767. The van der Waals surface area contributed by atoms with E-state index in [1.54, 1.807) is 0 Å². The quantitative estimate of drug-likeness (QED) is 0.642. The average molecular weight is 169 g/mol.